The van der Waals surface area contributed by atoms with Gasteiger partial charge < -0.3 is 9.80 Å². The quantitative estimate of drug-likeness (QED) is 0.646. The second-order valence-electron chi connectivity index (χ2n) is 9.22. The van der Waals surface area contributed by atoms with Crippen molar-refractivity contribution in [2.75, 3.05) is 31.1 Å². The fourth-order valence-corrected chi connectivity index (χ4v) is 4.71. The number of carbonyl (C=O) groups excluding carboxylic acids is 1. The number of hydrogen-bond donors (Lipinski definition) is 0. The molecule has 4 heterocycles. The predicted octanol–water partition coefficient (Wildman–Crippen LogP) is 3.27. The molecule has 3 aromatic rings. The summed E-state index contributed by atoms with van der Waals surface area (Å²) in [6, 6.07) is 6.62. The van der Waals surface area contributed by atoms with Crippen LogP contribution >= 0.6 is 0 Å². The number of hydrogen-bond acceptors (Lipinski definition) is 4. The highest BCUT2D eigenvalue weighted by molar-refractivity contribution is 5.80. The van der Waals surface area contributed by atoms with E-state index in [0.29, 0.717) is 29.6 Å². The second-order valence-corrected chi connectivity index (χ2v) is 9.22. The van der Waals surface area contributed by atoms with E-state index in [9.17, 15) is 13.6 Å². The van der Waals surface area contributed by atoms with E-state index >= 15 is 0 Å². The molecule has 6 rings (SSSR count). The summed E-state index contributed by atoms with van der Waals surface area (Å²) in [7, 11) is 0. The van der Waals surface area contributed by atoms with Crippen molar-refractivity contribution in [1.82, 2.24) is 19.7 Å². The van der Waals surface area contributed by atoms with Gasteiger partial charge in [0.05, 0.1) is 24.8 Å². The number of rotatable bonds is 4. The van der Waals surface area contributed by atoms with E-state index in [1.807, 2.05) is 12.3 Å². The van der Waals surface area contributed by atoms with Gasteiger partial charge in [0.1, 0.15) is 17.7 Å². The molecule has 31 heavy (non-hydrogen) atoms. The molecule has 160 valence electrons. The van der Waals surface area contributed by atoms with Gasteiger partial charge in [0.2, 0.25) is 5.91 Å². The molecule has 1 aromatic carbocycles. The largest absolute Gasteiger partial charge is 0.369 e. The van der Waals surface area contributed by atoms with Gasteiger partial charge in [-0.05, 0) is 43.0 Å². The number of benzene rings is 1. The Kier molecular flexibility index (Phi) is 4.07. The van der Waals surface area contributed by atoms with Gasteiger partial charge in [-0.25, -0.2) is 18.4 Å². The molecule has 1 spiro atoms. The molecule has 1 amide bonds. The first-order valence-electron chi connectivity index (χ1n) is 10.8. The number of nitrogens with zero attached hydrogens (tertiary/aromatic N) is 5. The molecule has 0 N–H and O–H groups in total. The molecule has 0 bridgehead atoms. The van der Waals surface area contributed by atoms with Gasteiger partial charge in [-0.1, -0.05) is 6.07 Å². The average Bonchev–Trinajstić information content (AvgIpc) is 3.24. The zero-order valence-electron chi connectivity index (χ0n) is 17.1. The van der Waals surface area contributed by atoms with Crippen molar-refractivity contribution in [2.24, 2.45) is 5.41 Å². The first kappa shape index (κ1) is 18.7. The Morgan fingerprint density at radius 1 is 1.23 bits per heavy atom. The van der Waals surface area contributed by atoms with E-state index in [1.165, 1.54) is 28.5 Å². The van der Waals surface area contributed by atoms with Gasteiger partial charge in [-0.3, -0.25) is 4.79 Å². The third-order valence-electron chi connectivity index (χ3n) is 6.82. The molecule has 0 radical (unpaired) electrons. The van der Waals surface area contributed by atoms with Gasteiger partial charge in [-0.15, -0.1) is 5.10 Å². The molecule has 2 aromatic heterocycles. The maximum absolute atomic E-state index is 14.6. The molecular formula is C23H23F2N5O. The SMILES string of the molecule is O=C(Cc1ccc(F)c(-n2cc3cc(N4CC5(CC5)C4)cnc3n2)c1)N1CC[C@@H](F)C1. The minimum atomic E-state index is -0.951. The van der Waals surface area contributed by atoms with Gasteiger partial charge in [0, 0.05) is 36.6 Å². The van der Waals surface area contributed by atoms with Crippen molar-refractivity contribution in [3.05, 3.63) is 48.0 Å². The first-order chi connectivity index (χ1) is 15.0. The van der Waals surface area contributed by atoms with Crippen molar-refractivity contribution in [1.29, 1.82) is 0 Å². The highest BCUT2D eigenvalue weighted by Crippen LogP contribution is 2.53. The molecule has 1 atom stereocenters. The summed E-state index contributed by atoms with van der Waals surface area (Å²) in [6.07, 6.45) is 5.79. The van der Waals surface area contributed by atoms with Crippen LogP contribution in [0.25, 0.3) is 16.7 Å². The lowest BCUT2D eigenvalue weighted by Gasteiger charge is -2.41. The summed E-state index contributed by atoms with van der Waals surface area (Å²) in [5.74, 6) is -0.565. The van der Waals surface area contributed by atoms with Crippen LogP contribution in [0.5, 0.6) is 0 Å². The van der Waals surface area contributed by atoms with Gasteiger partial charge in [0.15, 0.2) is 5.65 Å². The van der Waals surface area contributed by atoms with E-state index in [0.717, 1.165) is 24.2 Å². The van der Waals surface area contributed by atoms with Gasteiger partial charge >= 0.3 is 0 Å². The van der Waals surface area contributed by atoms with E-state index in [1.54, 1.807) is 18.3 Å². The number of fused-ring (bicyclic) bond motifs is 1. The number of likely N-dealkylation sites (tertiary alicyclic amines) is 1. The summed E-state index contributed by atoms with van der Waals surface area (Å²) in [5, 5.41) is 5.29. The smallest absolute Gasteiger partial charge is 0.227 e. The molecule has 2 saturated heterocycles. The Hall–Kier alpha value is -3.03. The molecule has 0 unspecified atom stereocenters. The Balaban J connectivity index is 1.24. The van der Waals surface area contributed by atoms with Crippen LogP contribution in [0.4, 0.5) is 14.5 Å². The normalized spacial score (nSPS) is 21.7. The van der Waals surface area contributed by atoms with Crippen LogP contribution in [-0.4, -0.2) is 57.9 Å². The van der Waals surface area contributed by atoms with E-state index < -0.39 is 12.0 Å². The van der Waals surface area contributed by atoms with Crippen molar-refractivity contribution in [3.8, 4) is 5.69 Å². The zero-order valence-corrected chi connectivity index (χ0v) is 17.1. The standard InChI is InChI=1S/C23H23F2N5O/c24-17-3-6-28(12-17)21(31)8-15-1-2-19(25)20(7-15)30-11-16-9-18(10-26-22(16)27-30)29-13-23(14-29)4-5-23/h1-2,7,9-11,17H,3-6,8,12-14H2/t17-/m1/s1. The number of pyridine rings is 1. The lowest BCUT2D eigenvalue weighted by atomic mass is 9.96. The molecule has 2 aliphatic heterocycles. The number of aromatic nitrogens is 3. The number of carbonyl (C=O) groups is 1. The second kappa shape index (κ2) is 6.73. The van der Waals surface area contributed by atoms with E-state index in [-0.39, 0.29) is 24.6 Å². The Morgan fingerprint density at radius 3 is 2.81 bits per heavy atom. The van der Waals surface area contributed by atoms with Gasteiger partial charge in [-0.2, -0.15) is 0 Å². The summed E-state index contributed by atoms with van der Waals surface area (Å²) < 4.78 is 29.5. The highest BCUT2D eigenvalue weighted by atomic mass is 19.1. The molecular weight excluding hydrogens is 400 g/mol. The number of amides is 1. The molecule has 3 aliphatic rings. The monoisotopic (exact) mass is 423 g/mol. The minimum absolute atomic E-state index is 0.111. The summed E-state index contributed by atoms with van der Waals surface area (Å²) in [6.45, 7) is 2.74. The third-order valence-corrected chi connectivity index (χ3v) is 6.82. The number of alkyl halides is 1. The third kappa shape index (κ3) is 3.34. The average molecular weight is 423 g/mol. The Bertz CT molecular complexity index is 1180. The van der Waals surface area contributed by atoms with E-state index in [4.69, 9.17) is 0 Å². The van der Waals surface area contributed by atoms with Crippen LogP contribution in [0.3, 0.4) is 0 Å². The summed E-state index contributed by atoms with van der Waals surface area (Å²) in [5.41, 5.74) is 3.13. The maximum Gasteiger partial charge on any atom is 0.227 e. The Morgan fingerprint density at radius 2 is 2.06 bits per heavy atom. The summed E-state index contributed by atoms with van der Waals surface area (Å²) in [4.78, 5) is 20.8. The predicted molar refractivity (Wildman–Crippen MR) is 113 cm³/mol. The fourth-order valence-electron chi connectivity index (χ4n) is 4.71. The van der Waals surface area contributed by atoms with Crippen LogP contribution in [0.2, 0.25) is 0 Å². The molecule has 6 nitrogen and oxygen atoms in total. The maximum atomic E-state index is 14.6. The zero-order chi connectivity index (χ0) is 21.2. The highest BCUT2D eigenvalue weighted by Gasteiger charge is 2.52. The van der Waals surface area contributed by atoms with Crippen LogP contribution in [0.1, 0.15) is 24.8 Å². The lowest BCUT2D eigenvalue weighted by Crippen LogP contribution is -2.48. The van der Waals surface area contributed by atoms with Crippen LogP contribution < -0.4 is 4.90 Å². The Labute approximate surface area is 178 Å². The van der Waals surface area contributed by atoms with Crippen LogP contribution in [0.15, 0.2) is 36.7 Å². The minimum Gasteiger partial charge on any atom is -0.369 e. The molecule has 1 saturated carbocycles. The molecule has 1 aliphatic carbocycles. The first-order valence-corrected chi connectivity index (χ1v) is 10.8. The van der Waals surface area contributed by atoms with Crippen LogP contribution in [-0.2, 0) is 11.2 Å². The number of anilines is 1. The van der Waals surface area contributed by atoms with Crippen molar-refractivity contribution in [3.63, 3.8) is 0 Å². The molecule has 3 fully saturated rings. The van der Waals surface area contributed by atoms with Gasteiger partial charge in [0.25, 0.3) is 0 Å². The van der Waals surface area contributed by atoms with Crippen molar-refractivity contribution in [2.45, 2.75) is 31.9 Å². The summed E-state index contributed by atoms with van der Waals surface area (Å²) >= 11 is 0. The molecule has 8 heteroatoms. The van der Waals surface area contributed by atoms with Crippen LogP contribution in [0, 0.1) is 11.2 Å². The van der Waals surface area contributed by atoms with E-state index in [2.05, 4.69) is 15.0 Å². The van der Waals surface area contributed by atoms with Crippen molar-refractivity contribution < 1.29 is 13.6 Å². The van der Waals surface area contributed by atoms with Crippen molar-refractivity contribution >= 4 is 22.6 Å². The lowest BCUT2D eigenvalue weighted by molar-refractivity contribution is -0.129. The number of halogens is 2. The fraction of sp³-hybridized carbons (Fsp3) is 0.435. The topological polar surface area (TPSA) is 54.3 Å².